The highest BCUT2D eigenvalue weighted by molar-refractivity contribution is 5.95. The lowest BCUT2D eigenvalue weighted by molar-refractivity contribution is 0.0948. The number of furan rings is 1. The van der Waals surface area contributed by atoms with Crippen LogP contribution in [0.4, 0.5) is 0 Å². The molecule has 4 rings (SSSR count). The van der Waals surface area contributed by atoms with Crippen molar-refractivity contribution in [1.29, 1.82) is 0 Å². The number of benzene rings is 2. The Hall–Kier alpha value is -3.40. The summed E-state index contributed by atoms with van der Waals surface area (Å²) in [7, 11) is 0. The van der Waals surface area contributed by atoms with E-state index in [-0.39, 0.29) is 5.91 Å². The van der Waals surface area contributed by atoms with Gasteiger partial charge >= 0.3 is 0 Å². The molecule has 0 saturated heterocycles. The second kappa shape index (κ2) is 6.84. The van der Waals surface area contributed by atoms with Gasteiger partial charge in [0.05, 0.1) is 12.1 Å². The lowest BCUT2D eigenvalue weighted by Gasteiger charge is -2.07. The molecular formula is C22H18N2O2. The summed E-state index contributed by atoms with van der Waals surface area (Å²) in [6.45, 7) is 2.25. The maximum Gasteiger partial charge on any atom is 0.251 e. The molecule has 0 radical (unpaired) electrons. The molecule has 128 valence electrons. The summed E-state index contributed by atoms with van der Waals surface area (Å²) in [5.74, 6) is 1.44. The number of amides is 1. The second-order valence-electron chi connectivity index (χ2n) is 6.19. The smallest absolute Gasteiger partial charge is 0.251 e. The summed E-state index contributed by atoms with van der Waals surface area (Å²) in [6.07, 6.45) is 1.84. The van der Waals surface area contributed by atoms with Gasteiger partial charge in [-0.25, -0.2) is 0 Å². The average molecular weight is 342 g/mol. The zero-order valence-corrected chi connectivity index (χ0v) is 14.4. The summed E-state index contributed by atoms with van der Waals surface area (Å²) in [5, 5.41) is 3.97. The van der Waals surface area contributed by atoms with E-state index in [0.29, 0.717) is 12.1 Å². The van der Waals surface area contributed by atoms with Crippen LogP contribution in [0.25, 0.3) is 22.0 Å². The molecule has 0 bridgehead atoms. The van der Waals surface area contributed by atoms with E-state index < -0.39 is 0 Å². The number of aryl methyl sites for hydroxylation is 1. The van der Waals surface area contributed by atoms with Crippen molar-refractivity contribution in [2.24, 2.45) is 0 Å². The number of nitrogens with zero attached hydrogens (tertiary/aromatic N) is 1. The van der Waals surface area contributed by atoms with Crippen LogP contribution in [0.5, 0.6) is 0 Å². The third kappa shape index (κ3) is 3.35. The molecular weight excluding hydrogens is 324 g/mol. The van der Waals surface area contributed by atoms with Crippen molar-refractivity contribution in [2.45, 2.75) is 13.5 Å². The minimum absolute atomic E-state index is 0.130. The van der Waals surface area contributed by atoms with Crippen LogP contribution in [0.3, 0.4) is 0 Å². The van der Waals surface area contributed by atoms with Gasteiger partial charge in [0.1, 0.15) is 11.5 Å². The highest BCUT2D eigenvalue weighted by atomic mass is 16.3. The van der Waals surface area contributed by atoms with Crippen LogP contribution in [0.1, 0.15) is 21.9 Å². The first kappa shape index (κ1) is 16.1. The Morgan fingerprint density at radius 3 is 2.73 bits per heavy atom. The molecule has 2 heterocycles. The van der Waals surface area contributed by atoms with Crippen molar-refractivity contribution >= 4 is 16.8 Å². The SMILES string of the molecule is Cc1ccc(CNC(=O)c2cccc(-c3cnc4ccccc4c3)c2)o1. The molecule has 0 atom stereocenters. The molecule has 0 aliphatic rings. The second-order valence-corrected chi connectivity index (χ2v) is 6.19. The van der Waals surface area contributed by atoms with Crippen LogP contribution in [0.15, 0.2) is 77.3 Å². The highest BCUT2D eigenvalue weighted by Crippen LogP contribution is 2.23. The number of rotatable bonds is 4. The molecule has 0 unspecified atom stereocenters. The first-order chi connectivity index (χ1) is 12.7. The molecule has 0 aliphatic carbocycles. The van der Waals surface area contributed by atoms with Crippen molar-refractivity contribution in [3.8, 4) is 11.1 Å². The number of hydrogen-bond acceptors (Lipinski definition) is 3. The van der Waals surface area contributed by atoms with E-state index in [0.717, 1.165) is 33.6 Å². The van der Waals surface area contributed by atoms with E-state index in [1.807, 2.05) is 67.7 Å². The number of aromatic nitrogens is 1. The Bertz CT molecular complexity index is 1080. The summed E-state index contributed by atoms with van der Waals surface area (Å²) in [6, 6.07) is 21.4. The van der Waals surface area contributed by atoms with Gasteiger partial charge in [0, 0.05) is 22.7 Å². The fraction of sp³-hybridized carbons (Fsp3) is 0.0909. The van der Waals surface area contributed by atoms with Gasteiger partial charge in [0.15, 0.2) is 0 Å². The first-order valence-corrected chi connectivity index (χ1v) is 8.48. The minimum atomic E-state index is -0.130. The third-order valence-corrected chi connectivity index (χ3v) is 4.27. The fourth-order valence-electron chi connectivity index (χ4n) is 2.92. The van der Waals surface area contributed by atoms with Gasteiger partial charge in [0.2, 0.25) is 0 Å². The molecule has 0 fully saturated rings. The number of fused-ring (bicyclic) bond motifs is 1. The predicted octanol–water partition coefficient (Wildman–Crippen LogP) is 4.73. The molecule has 0 saturated carbocycles. The average Bonchev–Trinajstić information content (AvgIpc) is 3.11. The quantitative estimate of drug-likeness (QED) is 0.583. The molecule has 0 aliphatic heterocycles. The number of carbonyl (C=O) groups excluding carboxylic acids is 1. The number of pyridine rings is 1. The third-order valence-electron chi connectivity index (χ3n) is 4.27. The molecule has 4 nitrogen and oxygen atoms in total. The van der Waals surface area contributed by atoms with E-state index in [4.69, 9.17) is 4.42 Å². The number of hydrogen-bond donors (Lipinski definition) is 1. The van der Waals surface area contributed by atoms with E-state index in [9.17, 15) is 4.79 Å². The molecule has 0 spiro atoms. The fourth-order valence-corrected chi connectivity index (χ4v) is 2.92. The van der Waals surface area contributed by atoms with E-state index in [1.54, 1.807) is 6.07 Å². The molecule has 26 heavy (non-hydrogen) atoms. The van der Waals surface area contributed by atoms with Crippen LogP contribution >= 0.6 is 0 Å². The standard InChI is InChI=1S/C22H18N2O2/c1-15-9-10-20(26-15)14-24-22(25)18-7-4-6-16(11-18)19-12-17-5-2-3-8-21(17)23-13-19/h2-13H,14H2,1H3,(H,24,25). The van der Waals surface area contributed by atoms with Crippen LogP contribution < -0.4 is 5.32 Å². The van der Waals surface area contributed by atoms with E-state index in [2.05, 4.69) is 16.4 Å². The Kier molecular flexibility index (Phi) is 4.23. The lowest BCUT2D eigenvalue weighted by atomic mass is 10.0. The Morgan fingerprint density at radius 2 is 1.88 bits per heavy atom. The van der Waals surface area contributed by atoms with Crippen LogP contribution in [0, 0.1) is 6.92 Å². The minimum Gasteiger partial charge on any atom is -0.465 e. The summed E-state index contributed by atoms with van der Waals surface area (Å²) in [4.78, 5) is 16.9. The lowest BCUT2D eigenvalue weighted by Crippen LogP contribution is -2.22. The summed E-state index contributed by atoms with van der Waals surface area (Å²) < 4.78 is 5.48. The first-order valence-electron chi connectivity index (χ1n) is 8.48. The number of carbonyl (C=O) groups is 1. The molecule has 4 aromatic rings. The van der Waals surface area contributed by atoms with E-state index >= 15 is 0 Å². The summed E-state index contributed by atoms with van der Waals surface area (Å²) in [5.41, 5.74) is 3.52. The molecule has 1 N–H and O–H groups in total. The van der Waals surface area contributed by atoms with Crippen molar-refractivity contribution in [2.75, 3.05) is 0 Å². The molecule has 2 aromatic heterocycles. The Labute approximate surface area is 151 Å². The maximum absolute atomic E-state index is 12.5. The molecule has 2 aromatic carbocycles. The number of nitrogens with one attached hydrogen (secondary N) is 1. The Balaban J connectivity index is 1.56. The van der Waals surface area contributed by atoms with Crippen molar-refractivity contribution in [1.82, 2.24) is 10.3 Å². The maximum atomic E-state index is 12.5. The monoisotopic (exact) mass is 342 g/mol. The van der Waals surface area contributed by atoms with E-state index in [1.165, 1.54) is 0 Å². The predicted molar refractivity (Wildman–Crippen MR) is 102 cm³/mol. The topological polar surface area (TPSA) is 55.1 Å². The van der Waals surface area contributed by atoms with Gasteiger partial charge in [-0.1, -0.05) is 30.3 Å². The van der Waals surface area contributed by atoms with Gasteiger partial charge in [-0.3, -0.25) is 9.78 Å². The van der Waals surface area contributed by atoms with Gasteiger partial charge in [-0.15, -0.1) is 0 Å². The van der Waals surface area contributed by atoms with Gasteiger partial charge in [0.25, 0.3) is 5.91 Å². The van der Waals surface area contributed by atoms with Crippen LogP contribution in [-0.2, 0) is 6.54 Å². The highest BCUT2D eigenvalue weighted by Gasteiger charge is 2.09. The van der Waals surface area contributed by atoms with Gasteiger partial charge < -0.3 is 9.73 Å². The normalized spacial score (nSPS) is 10.8. The number of para-hydroxylation sites is 1. The van der Waals surface area contributed by atoms with Crippen LogP contribution in [-0.4, -0.2) is 10.9 Å². The van der Waals surface area contributed by atoms with Gasteiger partial charge in [-0.05, 0) is 48.9 Å². The zero-order valence-electron chi connectivity index (χ0n) is 14.4. The van der Waals surface area contributed by atoms with Crippen LogP contribution in [0.2, 0.25) is 0 Å². The van der Waals surface area contributed by atoms with Crippen molar-refractivity contribution in [3.63, 3.8) is 0 Å². The zero-order chi connectivity index (χ0) is 17.9. The Morgan fingerprint density at radius 1 is 1.00 bits per heavy atom. The largest absolute Gasteiger partial charge is 0.465 e. The molecule has 4 heteroatoms. The summed E-state index contributed by atoms with van der Waals surface area (Å²) >= 11 is 0. The van der Waals surface area contributed by atoms with Crippen molar-refractivity contribution in [3.05, 3.63) is 90.0 Å². The molecule has 1 amide bonds. The van der Waals surface area contributed by atoms with Crippen molar-refractivity contribution < 1.29 is 9.21 Å². The van der Waals surface area contributed by atoms with Gasteiger partial charge in [-0.2, -0.15) is 0 Å².